The van der Waals surface area contributed by atoms with Gasteiger partial charge in [-0.05, 0) is 18.3 Å². The van der Waals surface area contributed by atoms with Crippen molar-refractivity contribution in [3.8, 4) is 0 Å². The van der Waals surface area contributed by atoms with Crippen molar-refractivity contribution >= 4 is 5.91 Å². The molecule has 13 heavy (non-hydrogen) atoms. The van der Waals surface area contributed by atoms with E-state index < -0.39 is 0 Å². The third-order valence-corrected chi connectivity index (χ3v) is 1.86. The largest absolute Gasteiger partial charge is 0.359 e. The Morgan fingerprint density at radius 3 is 2.46 bits per heavy atom. The van der Waals surface area contributed by atoms with Gasteiger partial charge in [0.1, 0.15) is 0 Å². The predicted molar refractivity (Wildman–Crippen MR) is 56.4 cm³/mol. The molecule has 1 atom stereocenters. The first-order valence-electron chi connectivity index (χ1n) is 4.93. The summed E-state index contributed by atoms with van der Waals surface area (Å²) in [5.41, 5.74) is 0. The topological polar surface area (TPSA) is 29.1 Å². The maximum atomic E-state index is 11.0. The van der Waals surface area contributed by atoms with Crippen LogP contribution in [0.5, 0.6) is 0 Å². The van der Waals surface area contributed by atoms with Crippen molar-refractivity contribution in [2.75, 3.05) is 7.05 Å². The van der Waals surface area contributed by atoms with Crippen LogP contribution >= 0.6 is 0 Å². The van der Waals surface area contributed by atoms with Gasteiger partial charge >= 0.3 is 0 Å². The Morgan fingerprint density at radius 1 is 1.38 bits per heavy atom. The Bertz CT molecular complexity index is 173. The first kappa shape index (κ1) is 12.2. The SMILES string of the molecule is CNC(=O)C[C@H](C)/C=C\CC(C)C. The van der Waals surface area contributed by atoms with Gasteiger partial charge in [-0.15, -0.1) is 0 Å². The van der Waals surface area contributed by atoms with E-state index in [-0.39, 0.29) is 5.91 Å². The fourth-order valence-corrected chi connectivity index (χ4v) is 1.05. The van der Waals surface area contributed by atoms with Gasteiger partial charge < -0.3 is 5.32 Å². The lowest BCUT2D eigenvalue weighted by atomic mass is 10.0. The quantitative estimate of drug-likeness (QED) is 0.651. The molecular weight excluding hydrogens is 162 g/mol. The number of rotatable bonds is 5. The standard InChI is InChI=1S/C11H21NO/c1-9(2)6-5-7-10(3)8-11(13)12-4/h5,7,9-10H,6,8H2,1-4H3,(H,12,13)/b7-5-/t10-/m1/s1. The molecule has 0 aliphatic carbocycles. The highest BCUT2D eigenvalue weighted by atomic mass is 16.1. The Hall–Kier alpha value is -0.790. The second-order valence-corrected chi connectivity index (χ2v) is 3.91. The summed E-state index contributed by atoms with van der Waals surface area (Å²) in [5, 5.41) is 2.62. The van der Waals surface area contributed by atoms with Crippen LogP contribution in [0.4, 0.5) is 0 Å². The van der Waals surface area contributed by atoms with Crippen LogP contribution in [0, 0.1) is 11.8 Å². The molecule has 0 saturated heterocycles. The van der Waals surface area contributed by atoms with Gasteiger partial charge in [-0.2, -0.15) is 0 Å². The smallest absolute Gasteiger partial charge is 0.220 e. The molecule has 0 aliphatic rings. The number of amides is 1. The highest BCUT2D eigenvalue weighted by molar-refractivity contribution is 5.75. The molecule has 0 radical (unpaired) electrons. The summed E-state index contributed by atoms with van der Waals surface area (Å²) >= 11 is 0. The van der Waals surface area contributed by atoms with Crippen LogP contribution in [-0.4, -0.2) is 13.0 Å². The minimum absolute atomic E-state index is 0.113. The number of hydrogen-bond donors (Lipinski definition) is 1. The third kappa shape index (κ3) is 7.57. The van der Waals surface area contributed by atoms with E-state index in [4.69, 9.17) is 0 Å². The maximum Gasteiger partial charge on any atom is 0.220 e. The normalized spacial score (nSPS) is 13.6. The molecule has 0 saturated carbocycles. The molecule has 0 bridgehead atoms. The molecular formula is C11H21NO. The van der Waals surface area contributed by atoms with Crippen LogP contribution < -0.4 is 5.32 Å². The van der Waals surface area contributed by atoms with E-state index in [1.54, 1.807) is 7.05 Å². The van der Waals surface area contributed by atoms with Crippen molar-refractivity contribution in [3.05, 3.63) is 12.2 Å². The van der Waals surface area contributed by atoms with Crippen LogP contribution in [0.3, 0.4) is 0 Å². The molecule has 0 aliphatic heterocycles. The highest BCUT2D eigenvalue weighted by Gasteiger charge is 2.03. The van der Waals surface area contributed by atoms with E-state index in [0.29, 0.717) is 18.3 Å². The van der Waals surface area contributed by atoms with Gasteiger partial charge in [0, 0.05) is 13.5 Å². The van der Waals surface area contributed by atoms with Gasteiger partial charge in [0.2, 0.25) is 5.91 Å². The Kier molecular flexibility index (Phi) is 6.29. The van der Waals surface area contributed by atoms with Crippen LogP contribution in [0.1, 0.15) is 33.6 Å². The molecule has 0 heterocycles. The minimum atomic E-state index is 0.113. The summed E-state index contributed by atoms with van der Waals surface area (Å²) in [6.45, 7) is 6.44. The van der Waals surface area contributed by atoms with E-state index in [9.17, 15) is 4.79 Å². The van der Waals surface area contributed by atoms with E-state index in [0.717, 1.165) is 6.42 Å². The number of nitrogens with one attached hydrogen (secondary N) is 1. The van der Waals surface area contributed by atoms with E-state index >= 15 is 0 Å². The highest BCUT2D eigenvalue weighted by Crippen LogP contribution is 2.06. The molecule has 0 fully saturated rings. The van der Waals surface area contributed by atoms with Crippen LogP contribution in [0.15, 0.2) is 12.2 Å². The van der Waals surface area contributed by atoms with E-state index in [2.05, 4.69) is 38.2 Å². The van der Waals surface area contributed by atoms with Gasteiger partial charge in [0.15, 0.2) is 0 Å². The lowest BCUT2D eigenvalue weighted by Gasteiger charge is -2.04. The summed E-state index contributed by atoms with van der Waals surface area (Å²) < 4.78 is 0. The second-order valence-electron chi connectivity index (χ2n) is 3.91. The average molecular weight is 183 g/mol. The third-order valence-electron chi connectivity index (χ3n) is 1.86. The zero-order chi connectivity index (χ0) is 10.3. The summed E-state index contributed by atoms with van der Waals surface area (Å²) in [5.74, 6) is 1.16. The van der Waals surface area contributed by atoms with Crippen molar-refractivity contribution in [2.45, 2.75) is 33.6 Å². The average Bonchev–Trinajstić information content (AvgIpc) is 2.03. The minimum Gasteiger partial charge on any atom is -0.359 e. The molecule has 2 nitrogen and oxygen atoms in total. The van der Waals surface area contributed by atoms with Crippen LogP contribution in [-0.2, 0) is 4.79 Å². The fraction of sp³-hybridized carbons (Fsp3) is 0.727. The van der Waals surface area contributed by atoms with Gasteiger partial charge in [-0.3, -0.25) is 4.79 Å². The van der Waals surface area contributed by atoms with Crippen LogP contribution in [0.25, 0.3) is 0 Å². The van der Waals surface area contributed by atoms with Gasteiger partial charge in [-0.25, -0.2) is 0 Å². The second kappa shape index (κ2) is 6.70. The molecule has 2 heteroatoms. The molecule has 0 aromatic carbocycles. The molecule has 0 rings (SSSR count). The molecule has 76 valence electrons. The van der Waals surface area contributed by atoms with Gasteiger partial charge in [0.25, 0.3) is 0 Å². The number of carbonyl (C=O) groups excluding carboxylic acids is 1. The van der Waals surface area contributed by atoms with Crippen molar-refractivity contribution < 1.29 is 4.79 Å². The zero-order valence-corrected chi connectivity index (χ0v) is 9.13. The first-order chi connectivity index (χ1) is 6.06. The Morgan fingerprint density at radius 2 is 2.00 bits per heavy atom. The number of carbonyl (C=O) groups is 1. The summed E-state index contributed by atoms with van der Waals surface area (Å²) in [6, 6.07) is 0. The Balaban J connectivity index is 3.66. The van der Waals surface area contributed by atoms with Crippen molar-refractivity contribution in [2.24, 2.45) is 11.8 Å². The van der Waals surface area contributed by atoms with Crippen molar-refractivity contribution in [1.82, 2.24) is 5.32 Å². The molecule has 1 N–H and O–H groups in total. The van der Waals surface area contributed by atoms with Crippen molar-refractivity contribution in [3.63, 3.8) is 0 Å². The lowest BCUT2D eigenvalue weighted by Crippen LogP contribution is -2.19. The van der Waals surface area contributed by atoms with E-state index in [1.807, 2.05) is 0 Å². The monoisotopic (exact) mass is 183 g/mol. The molecule has 0 aromatic rings. The fourth-order valence-electron chi connectivity index (χ4n) is 1.05. The summed E-state index contributed by atoms with van der Waals surface area (Å²) in [4.78, 5) is 11.0. The summed E-state index contributed by atoms with van der Waals surface area (Å²) in [7, 11) is 1.67. The number of hydrogen-bond acceptors (Lipinski definition) is 1. The van der Waals surface area contributed by atoms with Crippen LogP contribution in [0.2, 0.25) is 0 Å². The molecule has 0 unspecified atom stereocenters. The van der Waals surface area contributed by atoms with Crippen molar-refractivity contribution in [1.29, 1.82) is 0 Å². The molecule has 1 amide bonds. The van der Waals surface area contributed by atoms with Gasteiger partial charge in [-0.1, -0.05) is 32.9 Å². The maximum absolute atomic E-state index is 11.0. The number of allylic oxidation sites excluding steroid dienone is 2. The molecule has 0 aromatic heterocycles. The predicted octanol–water partition coefficient (Wildman–Crippen LogP) is 2.36. The van der Waals surface area contributed by atoms with E-state index in [1.165, 1.54) is 0 Å². The lowest BCUT2D eigenvalue weighted by molar-refractivity contribution is -0.121. The first-order valence-corrected chi connectivity index (χ1v) is 4.93. The Labute approximate surface area is 81.4 Å². The summed E-state index contributed by atoms with van der Waals surface area (Å²) in [6.07, 6.45) is 5.97. The zero-order valence-electron chi connectivity index (χ0n) is 9.13. The molecule has 0 spiro atoms. The van der Waals surface area contributed by atoms with Gasteiger partial charge in [0.05, 0.1) is 0 Å².